The molecule has 2 atom stereocenters. The molecule has 0 heterocycles. The first-order valence-electron chi connectivity index (χ1n) is 5.97. The Bertz CT molecular complexity index is 225. The number of hydrogen-bond donors (Lipinski definition) is 2. The van der Waals surface area contributed by atoms with Crippen LogP contribution in [-0.2, 0) is 9.59 Å². The van der Waals surface area contributed by atoms with E-state index >= 15 is 0 Å². The van der Waals surface area contributed by atoms with E-state index in [-0.39, 0.29) is 18.3 Å². The van der Waals surface area contributed by atoms with Crippen LogP contribution in [0, 0.1) is 11.8 Å². The van der Waals surface area contributed by atoms with Crippen LogP contribution in [0.5, 0.6) is 0 Å². The van der Waals surface area contributed by atoms with Crippen LogP contribution in [0.1, 0.15) is 52.4 Å². The smallest absolute Gasteiger partial charge is 0.306 e. The fraction of sp³-hybridized carbons (Fsp3) is 0.833. The molecule has 0 aliphatic carbocycles. The first-order chi connectivity index (χ1) is 7.52. The molecule has 4 nitrogen and oxygen atoms in total. The highest BCUT2D eigenvalue weighted by Crippen LogP contribution is 2.26. The number of carbonyl (C=O) groups is 2. The van der Waals surface area contributed by atoms with E-state index in [2.05, 4.69) is 0 Å². The monoisotopic (exact) mass is 230 g/mol. The van der Waals surface area contributed by atoms with Crippen LogP contribution >= 0.6 is 0 Å². The SMILES string of the molecule is CCCC(CC)C(CCCC(=O)O)C(=O)O. The van der Waals surface area contributed by atoms with Gasteiger partial charge in [-0.15, -0.1) is 0 Å². The van der Waals surface area contributed by atoms with E-state index in [1.165, 1.54) is 0 Å². The van der Waals surface area contributed by atoms with Crippen molar-refractivity contribution in [1.82, 2.24) is 0 Å². The van der Waals surface area contributed by atoms with Gasteiger partial charge in [-0.3, -0.25) is 9.59 Å². The number of hydrogen-bond acceptors (Lipinski definition) is 2. The topological polar surface area (TPSA) is 74.6 Å². The van der Waals surface area contributed by atoms with E-state index in [0.717, 1.165) is 19.3 Å². The molecule has 0 aromatic carbocycles. The lowest BCUT2D eigenvalue weighted by Gasteiger charge is -2.22. The lowest BCUT2D eigenvalue weighted by Crippen LogP contribution is -2.23. The summed E-state index contributed by atoms with van der Waals surface area (Å²) in [6.07, 6.45) is 3.71. The molecule has 0 bridgehead atoms. The van der Waals surface area contributed by atoms with E-state index in [0.29, 0.717) is 12.8 Å². The zero-order valence-corrected chi connectivity index (χ0v) is 10.1. The summed E-state index contributed by atoms with van der Waals surface area (Å²) in [6.45, 7) is 4.03. The molecule has 0 saturated heterocycles. The van der Waals surface area contributed by atoms with Gasteiger partial charge in [0.2, 0.25) is 0 Å². The Kier molecular flexibility index (Phi) is 7.60. The largest absolute Gasteiger partial charge is 0.481 e. The molecule has 0 aromatic rings. The van der Waals surface area contributed by atoms with Crippen LogP contribution in [0.25, 0.3) is 0 Å². The zero-order chi connectivity index (χ0) is 12.6. The standard InChI is InChI=1S/C12H22O4/c1-3-6-9(4-2)10(12(15)16)7-5-8-11(13)14/h9-10H,3-8H2,1-2H3,(H,13,14)(H,15,16). The molecule has 2 N–H and O–H groups in total. The number of carboxylic acid groups (broad SMARTS) is 2. The number of aliphatic carboxylic acids is 2. The van der Waals surface area contributed by atoms with Gasteiger partial charge in [-0.1, -0.05) is 26.7 Å². The summed E-state index contributed by atoms with van der Waals surface area (Å²) in [7, 11) is 0. The van der Waals surface area contributed by atoms with Gasteiger partial charge in [-0.25, -0.2) is 0 Å². The normalized spacial score (nSPS) is 14.4. The summed E-state index contributed by atoms with van der Waals surface area (Å²) < 4.78 is 0. The highest BCUT2D eigenvalue weighted by molar-refractivity contribution is 5.70. The lowest BCUT2D eigenvalue weighted by molar-refractivity contribution is -0.145. The Morgan fingerprint density at radius 3 is 2.12 bits per heavy atom. The van der Waals surface area contributed by atoms with Crippen molar-refractivity contribution < 1.29 is 19.8 Å². The number of carboxylic acids is 2. The summed E-state index contributed by atoms with van der Waals surface area (Å²) >= 11 is 0. The predicted octanol–water partition coefficient (Wildman–Crippen LogP) is 2.77. The molecule has 94 valence electrons. The Morgan fingerprint density at radius 2 is 1.75 bits per heavy atom. The maximum atomic E-state index is 11.1. The molecule has 4 heteroatoms. The Balaban J connectivity index is 4.23. The quantitative estimate of drug-likeness (QED) is 0.638. The van der Waals surface area contributed by atoms with E-state index in [4.69, 9.17) is 10.2 Å². The Hall–Kier alpha value is -1.06. The molecule has 0 rings (SSSR count). The molecule has 0 aliphatic rings. The van der Waals surface area contributed by atoms with Crippen LogP contribution in [0.3, 0.4) is 0 Å². The number of rotatable bonds is 9. The van der Waals surface area contributed by atoms with Crippen molar-refractivity contribution in [2.75, 3.05) is 0 Å². The molecule has 0 amide bonds. The Labute approximate surface area is 96.7 Å². The van der Waals surface area contributed by atoms with Crippen molar-refractivity contribution in [2.45, 2.75) is 52.4 Å². The van der Waals surface area contributed by atoms with E-state index in [1.807, 2.05) is 13.8 Å². The van der Waals surface area contributed by atoms with Crippen LogP contribution in [-0.4, -0.2) is 22.2 Å². The van der Waals surface area contributed by atoms with Gasteiger partial charge < -0.3 is 10.2 Å². The Morgan fingerprint density at radius 1 is 1.12 bits per heavy atom. The van der Waals surface area contributed by atoms with Crippen LogP contribution in [0.2, 0.25) is 0 Å². The fourth-order valence-corrected chi connectivity index (χ4v) is 2.09. The summed E-state index contributed by atoms with van der Waals surface area (Å²) in [4.78, 5) is 21.5. The van der Waals surface area contributed by atoms with Gasteiger partial charge in [0, 0.05) is 6.42 Å². The highest BCUT2D eigenvalue weighted by atomic mass is 16.4. The van der Waals surface area contributed by atoms with Crippen molar-refractivity contribution in [1.29, 1.82) is 0 Å². The van der Waals surface area contributed by atoms with Crippen molar-refractivity contribution in [3.63, 3.8) is 0 Å². The van der Waals surface area contributed by atoms with Gasteiger partial charge in [0.15, 0.2) is 0 Å². The predicted molar refractivity (Wildman–Crippen MR) is 61.3 cm³/mol. The molecule has 0 saturated carbocycles. The van der Waals surface area contributed by atoms with Gasteiger partial charge in [0.1, 0.15) is 0 Å². The summed E-state index contributed by atoms with van der Waals surface area (Å²) in [5.41, 5.74) is 0. The first kappa shape index (κ1) is 14.9. The maximum absolute atomic E-state index is 11.1. The summed E-state index contributed by atoms with van der Waals surface area (Å²) in [5.74, 6) is -1.85. The zero-order valence-electron chi connectivity index (χ0n) is 10.1. The lowest BCUT2D eigenvalue weighted by atomic mass is 9.83. The molecular formula is C12H22O4. The van der Waals surface area contributed by atoms with Crippen LogP contribution in [0.15, 0.2) is 0 Å². The molecule has 0 spiro atoms. The third-order valence-corrected chi connectivity index (χ3v) is 2.98. The van der Waals surface area contributed by atoms with E-state index in [9.17, 15) is 9.59 Å². The van der Waals surface area contributed by atoms with E-state index < -0.39 is 11.9 Å². The fourth-order valence-electron chi connectivity index (χ4n) is 2.09. The third kappa shape index (κ3) is 5.73. The highest BCUT2D eigenvalue weighted by Gasteiger charge is 2.25. The first-order valence-corrected chi connectivity index (χ1v) is 5.97. The average molecular weight is 230 g/mol. The van der Waals surface area contributed by atoms with Crippen molar-refractivity contribution in [3.05, 3.63) is 0 Å². The maximum Gasteiger partial charge on any atom is 0.306 e. The van der Waals surface area contributed by atoms with Gasteiger partial charge >= 0.3 is 11.9 Å². The van der Waals surface area contributed by atoms with Crippen molar-refractivity contribution in [2.24, 2.45) is 11.8 Å². The van der Waals surface area contributed by atoms with E-state index in [1.54, 1.807) is 0 Å². The van der Waals surface area contributed by atoms with Gasteiger partial charge in [-0.05, 0) is 25.2 Å². The van der Waals surface area contributed by atoms with Crippen LogP contribution < -0.4 is 0 Å². The second-order valence-electron chi connectivity index (χ2n) is 4.19. The summed E-state index contributed by atoms with van der Waals surface area (Å²) in [5, 5.41) is 17.6. The van der Waals surface area contributed by atoms with Gasteiger partial charge in [-0.2, -0.15) is 0 Å². The molecule has 16 heavy (non-hydrogen) atoms. The third-order valence-electron chi connectivity index (χ3n) is 2.98. The van der Waals surface area contributed by atoms with Crippen LogP contribution in [0.4, 0.5) is 0 Å². The minimum atomic E-state index is -0.854. The summed E-state index contributed by atoms with van der Waals surface area (Å²) in [6, 6.07) is 0. The molecule has 2 unspecified atom stereocenters. The van der Waals surface area contributed by atoms with Gasteiger partial charge in [0.05, 0.1) is 5.92 Å². The molecule has 0 aliphatic heterocycles. The minimum absolute atomic E-state index is 0.0618. The molecular weight excluding hydrogens is 208 g/mol. The van der Waals surface area contributed by atoms with Crippen molar-refractivity contribution >= 4 is 11.9 Å². The average Bonchev–Trinajstić information content (AvgIpc) is 2.21. The molecule has 0 radical (unpaired) electrons. The minimum Gasteiger partial charge on any atom is -0.481 e. The van der Waals surface area contributed by atoms with Gasteiger partial charge in [0.25, 0.3) is 0 Å². The molecule has 0 fully saturated rings. The second kappa shape index (κ2) is 8.13. The second-order valence-corrected chi connectivity index (χ2v) is 4.19. The van der Waals surface area contributed by atoms with Crippen molar-refractivity contribution in [3.8, 4) is 0 Å². The molecule has 0 aromatic heterocycles.